The van der Waals surface area contributed by atoms with E-state index >= 15 is 0 Å². The standard InChI is InChI=1S/C15H20ClN3/c1-3-10-17-15(12-7-5-6-8-13(12)16)14-9-11-18-19(14)4-2/h5-9,11,15,17H,3-4,10H2,1-2H3. The highest BCUT2D eigenvalue weighted by molar-refractivity contribution is 6.31. The van der Waals surface area contributed by atoms with Gasteiger partial charge in [0.2, 0.25) is 0 Å². The lowest BCUT2D eigenvalue weighted by atomic mass is 10.0. The molecule has 1 unspecified atom stereocenters. The van der Waals surface area contributed by atoms with Crippen molar-refractivity contribution in [1.82, 2.24) is 15.1 Å². The Morgan fingerprint density at radius 3 is 2.74 bits per heavy atom. The maximum absolute atomic E-state index is 6.34. The lowest BCUT2D eigenvalue weighted by Gasteiger charge is -2.21. The molecule has 0 spiro atoms. The second kappa shape index (κ2) is 6.73. The summed E-state index contributed by atoms with van der Waals surface area (Å²) in [4.78, 5) is 0. The van der Waals surface area contributed by atoms with Crippen molar-refractivity contribution in [2.75, 3.05) is 6.54 Å². The zero-order valence-electron chi connectivity index (χ0n) is 11.4. The van der Waals surface area contributed by atoms with Crippen LogP contribution in [0.4, 0.5) is 0 Å². The van der Waals surface area contributed by atoms with Crippen LogP contribution in [-0.2, 0) is 6.54 Å². The molecule has 0 aliphatic carbocycles. The normalized spacial score (nSPS) is 12.6. The lowest BCUT2D eigenvalue weighted by Crippen LogP contribution is -2.26. The first-order chi connectivity index (χ1) is 9.27. The predicted molar refractivity (Wildman–Crippen MR) is 79.5 cm³/mol. The zero-order chi connectivity index (χ0) is 13.7. The van der Waals surface area contributed by atoms with Crippen LogP contribution in [0.5, 0.6) is 0 Å². The number of aromatic nitrogens is 2. The van der Waals surface area contributed by atoms with Gasteiger partial charge in [0, 0.05) is 17.8 Å². The van der Waals surface area contributed by atoms with Crippen molar-refractivity contribution in [2.45, 2.75) is 32.9 Å². The molecule has 0 radical (unpaired) electrons. The molecule has 0 bridgehead atoms. The molecule has 0 amide bonds. The van der Waals surface area contributed by atoms with E-state index in [4.69, 9.17) is 11.6 Å². The van der Waals surface area contributed by atoms with Gasteiger partial charge in [0.05, 0.1) is 11.7 Å². The van der Waals surface area contributed by atoms with Gasteiger partial charge in [-0.05, 0) is 37.6 Å². The minimum absolute atomic E-state index is 0.0936. The second-order valence-electron chi connectivity index (χ2n) is 4.48. The number of benzene rings is 1. The van der Waals surface area contributed by atoms with E-state index in [0.717, 1.165) is 35.8 Å². The second-order valence-corrected chi connectivity index (χ2v) is 4.89. The van der Waals surface area contributed by atoms with Gasteiger partial charge in [-0.25, -0.2) is 0 Å². The van der Waals surface area contributed by atoms with E-state index in [0.29, 0.717) is 0 Å². The third kappa shape index (κ3) is 3.17. The van der Waals surface area contributed by atoms with Gasteiger partial charge in [0.15, 0.2) is 0 Å². The summed E-state index contributed by atoms with van der Waals surface area (Å²) in [7, 11) is 0. The highest BCUT2D eigenvalue weighted by atomic mass is 35.5. The van der Waals surface area contributed by atoms with E-state index in [-0.39, 0.29) is 6.04 Å². The Bertz CT molecular complexity index is 522. The zero-order valence-corrected chi connectivity index (χ0v) is 12.2. The van der Waals surface area contributed by atoms with E-state index in [2.05, 4.69) is 36.4 Å². The summed E-state index contributed by atoms with van der Waals surface area (Å²) in [6.45, 7) is 6.07. The number of rotatable bonds is 6. The largest absolute Gasteiger partial charge is 0.305 e. The Labute approximate surface area is 119 Å². The number of halogens is 1. The van der Waals surface area contributed by atoms with Crippen LogP contribution in [-0.4, -0.2) is 16.3 Å². The van der Waals surface area contributed by atoms with Gasteiger partial charge in [0.25, 0.3) is 0 Å². The van der Waals surface area contributed by atoms with Crippen LogP contribution in [0.15, 0.2) is 36.5 Å². The maximum atomic E-state index is 6.34. The molecule has 0 fully saturated rings. The van der Waals surface area contributed by atoms with Crippen molar-refractivity contribution < 1.29 is 0 Å². The Kier molecular flexibility index (Phi) is 5.00. The number of hydrogen-bond acceptors (Lipinski definition) is 2. The maximum Gasteiger partial charge on any atom is 0.0762 e. The third-order valence-electron chi connectivity index (χ3n) is 3.16. The van der Waals surface area contributed by atoms with Crippen LogP contribution >= 0.6 is 11.6 Å². The molecule has 4 heteroatoms. The molecule has 1 N–H and O–H groups in total. The summed E-state index contributed by atoms with van der Waals surface area (Å²) in [6, 6.07) is 10.1. The molecule has 2 aromatic rings. The molecule has 1 atom stereocenters. The van der Waals surface area contributed by atoms with Gasteiger partial charge < -0.3 is 5.32 Å². The van der Waals surface area contributed by atoms with E-state index in [1.807, 2.05) is 29.1 Å². The first kappa shape index (κ1) is 14.1. The third-order valence-corrected chi connectivity index (χ3v) is 3.50. The van der Waals surface area contributed by atoms with Crippen molar-refractivity contribution in [1.29, 1.82) is 0 Å². The van der Waals surface area contributed by atoms with E-state index in [9.17, 15) is 0 Å². The molecule has 0 saturated carbocycles. The number of aryl methyl sites for hydroxylation is 1. The average molecular weight is 278 g/mol. The summed E-state index contributed by atoms with van der Waals surface area (Å²) >= 11 is 6.34. The van der Waals surface area contributed by atoms with E-state index in [1.165, 1.54) is 0 Å². The molecule has 0 aliphatic rings. The first-order valence-electron chi connectivity index (χ1n) is 6.77. The molecule has 0 aliphatic heterocycles. The molecule has 0 saturated heterocycles. The van der Waals surface area contributed by atoms with Gasteiger partial charge in [-0.1, -0.05) is 36.7 Å². The average Bonchev–Trinajstić information content (AvgIpc) is 2.89. The molecule has 3 nitrogen and oxygen atoms in total. The minimum atomic E-state index is 0.0936. The van der Waals surface area contributed by atoms with Gasteiger partial charge in [-0.15, -0.1) is 0 Å². The number of nitrogens with one attached hydrogen (secondary N) is 1. The van der Waals surface area contributed by atoms with Crippen LogP contribution in [0, 0.1) is 0 Å². The Morgan fingerprint density at radius 2 is 2.05 bits per heavy atom. The van der Waals surface area contributed by atoms with Crippen molar-refractivity contribution in [3.63, 3.8) is 0 Å². The van der Waals surface area contributed by atoms with E-state index in [1.54, 1.807) is 0 Å². The fraction of sp³-hybridized carbons (Fsp3) is 0.400. The molecule has 19 heavy (non-hydrogen) atoms. The quantitative estimate of drug-likeness (QED) is 0.874. The summed E-state index contributed by atoms with van der Waals surface area (Å²) < 4.78 is 2.01. The monoisotopic (exact) mass is 277 g/mol. The summed E-state index contributed by atoms with van der Waals surface area (Å²) in [5.74, 6) is 0. The van der Waals surface area contributed by atoms with Gasteiger partial charge in [0.1, 0.15) is 0 Å². The van der Waals surface area contributed by atoms with Gasteiger partial charge in [-0.2, -0.15) is 5.10 Å². The van der Waals surface area contributed by atoms with Crippen LogP contribution in [0.25, 0.3) is 0 Å². The number of hydrogen-bond donors (Lipinski definition) is 1. The first-order valence-corrected chi connectivity index (χ1v) is 7.15. The molecule has 1 heterocycles. The van der Waals surface area contributed by atoms with Crippen molar-refractivity contribution in [3.05, 3.63) is 52.8 Å². The van der Waals surface area contributed by atoms with Gasteiger partial charge in [-0.3, -0.25) is 4.68 Å². The number of nitrogens with zero attached hydrogens (tertiary/aromatic N) is 2. The highest BCUT2D eigenvalue weighted by Gasteiger charge is 2.19. The van der Waals surface area contributed by atoms with Crippen molar-refractivity contribution >= 4 is 11.6 Å². The highest BCUT2D eigenvalue weighted by Crippen LogP contribution is 2.28. The Hall–Kier alpha value is -1.32. The summed E-state index contributed by atoms with van der Waals surface area (Å²) in [5, 5.41) is 8.70. The molecule has 2 rings (SSSR count). The van der Waals surface area contributed by atoms with Crippen LogP contribution in [0.3, 0.4) is 0 Å². The fourth-order valence-corrected chi connectivity index (χ4v) is 2.47. The Balaban J connectivity index is 2.39. The van der Waals surface area contributed by atoms with Crippen LogP contribution in [0.2, 0.25) is 5.02 Å². The molecule has 102 valence electrons. The fourth-order valence-electron chi connectivity index (χ4n) is 2.22. The van der Waals surface area contributed by atoms with Gasteiger partial charge >= 0.3 is 0 Å². The topological polar surface area (TPSA) is 29.9 Å². The minimum Gasteiger partial charge on any atom is -0.305 e. The van der Waals surface area contributed by atoms with Crippen molar-refractivity contribution in [3.8, 4) is 0 Å². The Morgan fingerprint density at radius 1 is 1.26 bits per heavy atom. The predicted octanol–water partition coefficient (Wildman–Crippen LogP) is 3.65. The van der Waals surface area contributed by atoms with Crippen LogP contribution < -0.4 is 5.32 Å². The lowest BCUT2D eigenvalue weighted by molar-refractivity contribution is 0.530. The summed E-state index contributed by atoms with van der Waals surface area (Å²) in [5.41, 5.74) is 2.26. The summed E-state index contributed by atoms with van der Waals surface area (Å²) in [6.07, 6.45) is 2.93. The van der Waals surface area contributed by atoms with Crippen LogP contribution in [0.1, 0.15) is 37.6 Å². The SMILES string of the molecule is CCCNC(c1ccccc1Cl)c1ccnn1CC. The van der Waals surface area contributed by atoms with E-state index < -0.39 is 0 Å². The van der Waals surface area contributed by atoms with Crippen molar-refractivity contribution in [2.24, 2.45) is 0 Å². The smallest absolute Gasteiger partial charge is 0.0762 e. The molecule has 1 aromatic heterocycles. The molecular formula is C15H20ClN3. The molecular weight excluding hydrogens is 258 g/mol. The molecule has 1 aromatic carbocycles.